The smallest absolute Gasteiger partial charge is 0.298 e. The third-order valence-electron chi connectivity index (χ3n) is 2.00. The van der Waals surface area contributed by atoms with Crippen molar-refractivity contribution in [3.05, 3.63) is 23.8 Å². The van der Waals surface area contributed by atoms with Gasteiger partial charge in [0.15, 0.2) is 5.78 Å². The fourth-order valence-corrected chi connectivity index (χ4v) is 2.86. The summed E-state index contributed by atoms with van der Waals surface area (Å²) >= 11 is 6.46. The number of hydrogen-bond acceptors (Lipinski definition) is 3. The molecule has 1 aromatic carbocycles. The first-order valence-corrected chi connectivity index (χ1v) is 7.43. The van der Waals surface area contributed by atoms with Crippen molar-refractivity contribution >= 4 is 40.9 Å². The number of Topliss-reactive ketones (excluding diaryl/α,β-unsaturated/α-hetero) is 1. The van der Waals surface area contributed by atoms with Crippen LogP contribution in [0.15, 0.2) is 28.0 Å². The van der Waals surface area contributed by atoms with Crippen LogP contribution in [-0.4, -0.2) is 23.4 Å². The van der Waals surface area contributed by atoms with Gasteiger partial charge in [-0.05, 0) is 35.7 Å². The lowest BCUT2D eigenvalue weighted by Gasteiger charge is -2.11. The highest BCUT2D eigenvalue weighted by Crippen LogP contribution is 2.41. The molecule has 0 spiro atoms. The number of alkyl halides is 4. The van der Waals surface area contributed by atoms with E-state index in [2.05, 4.69) is 0 Å². The SMILES string of the molecule is CSc1cc(CC(=O)CCl)ccc1SC(F)(F)F. The maximum Gasteiger partial charge on any atom is 0.446 e. The van der Waals surface area contributed by atoms with Gasteiger partial charge in [0.1, 0.15) is 0 Å². The zero-order valence-electron chi connectivity index (χ0n) is 9.38. The standard InChI is InChI=1S/C11H10ClF3OS2/c1-17-10-5-7(4-8(16)6-12)2-3-9(10)18-11(13,14)15/h2-3,5H,4,6H2,1H3. The topological polar surface area (TPSA) is 17.1 Å². The van der Waals surface area contributed by atoms with Crippen LogP contribution < -0.4 is 0 Å². The average Bonchev–Trinajstić information content (AvgIpc) is 2.29. The van der Waals surface area contributed by atoms with E-state index in [1.165, 1.54) is 23.9 Å². The predicted molar refractivity (Wildman–Crippen MR) is 69.6 cm³/mol. The third-order valence-corrected chi connectivity index (χ3v) is 4.02. The summed E-state index contributed by atoms with van der Waals surface area (Å²) in [6.07, 6.45) is 1.84. The minimum Gasteiger partial charge on any atom is -0.298 e. The molecule has 0 aliphatic heterocycles. The Kier molecular flexibility index (Phi) is 5.88. The molecule has 1 nitrogen and oxygen atoms in total. The molecule has 0 aliphatic carbocycles. The first kappa shape index (κ1) is 15.7. The van der Waals surface area contributed by atoms with E-state index in [-0.39, 0.29) is 34.7 Å². The Balaban J connectivity index is 2.93. The van der Waals surface area contributed by atoms with Gasteiger partial charge in [-0.15, -0.1) is 23.4 Å². The minimum atomic E-state index is -4.31. The highest BCUT2D eigenvalue weighted by atomic mass is 35.5. The van der Waals surface area contributed by atoms with Crippen molar-refractivity contribution in [2.24, 2.45) is 0 Å². The van der Waals surface area contributed by atoms with Crippen molar-refractivity contribution in [2.75, 3.05) is 12.1 Å². The molecule has 18 heavy (non-hydrogen) atoms. The van der Waals surface area contributed by atoms with Crippen LogP contribution in [-0.2, 0) is 11.2 Å². The molecule has 0 amide bonds. The molecule has 0 aliphatic rings. The quantitative estimate of drug-likeness (QED) is 0.593. The van der Waals surface area contributed by atoms with Crippen LogP contribution in [0.2, 0.25) is 0 Å². The summed E-state index contributed by atoms with van der Waals surface area (Å²) in [5.74, 6) is -0.242. The van der Waals surface area contributed by atoms with Gasteiger partial charge in [-0.2, -0.15) is 13.2 Å². The Morgan fingerprint density at radius 3 is 2.50 bits per heavy atom. The van der Waals surface area contributed by atoms with Crippen molar-refractivity contribution in [2.45, 2.75) is 21.7 Å². The van der Waals surface area contributed by atoms with Crippen molar-refractivity contribution in [3.63, 3.8) is 0 Å². The number of benzene rings is 1. The number of halogens is 4. The van der Waals surface area contributed by atoms with E-state index in [0.29, 0.717) is 10.5 Å². The minimum absolute atomic E-state index is 0.0896. The summed E-state index contributed by atoms with van der Waals surface area (Å²) in [7, 11) is 0. The first-order chi connectivity index (χ1) is 8.35. The lowest BCUT2D eigenvalue weighted by molar-refractivity contribution is -0.116. The number of carbonyl (C=O) groups excluding carboxylic acids is 1. The zero-order valence-corrected chi connectivity index (χ0v) is 11.8. The molecule has 100 valence electrons. The molecule has 1 aromatic rings. The summed E-state index contributed by atoms with van der Waals surface area (Å²) in [5, 5.41) is 0. The van der Waals surface area contributed by atoms with Crippen molar-refractivity contribution in [1.82, 2.24) is 0 Å². The van der Waals surface area contributed by atoms with Crippen LogP contribution in [0.5, 0.6) is 0 Å². The van der Waals surface area contributed by atoms with Gasteiger partial charge in [0.25, 0.3) is 0 Å². The summed E-state index contributed by atoms with van der Waals surface area (Å²) in [6.45, 7) is 0. The van der Waals surface area contributed by atoms with E-state index < -0.39 is 5.51 Å². The summed E-state index contributed by atoms with van der Waals surface area (Å²) in [5.41, 5.74) is -3.63. The molecule has 0 heterocycles. The Morgan fingerprint density at radius 1 is 1.33 bits per heavy atom. The molecule has 1 rings (SSSR count). The first-order valence-electron chi connectivity index (χ1n) is 4.86. The lowest BCUT2D eigenvalue weighted by atomic mass is 10.1. The van der Waals surface area contributed by atoms with Gasteiger partial charge in [-0.25, -0.2) is 0 Å². The molecule has 0 unspecified atom stereocenters. The molecular weight excluding hydrogens is 305 g/mol. The molecule has 0 saturated heterocycles. The van der Waals surface area contributed by atoms with Crippen molar-refractivity contribution < 1.29 is 18.0 Å². The van der Waals surface area contributed by atoms with Crippen LogP contribution in [0.4, 0.5) is 13.2 Å². The van der Waals surface area contributed by atoms with E-state index in [1.807, 2.05) is 0 Å². The lowest BCUT2D eigenvalue weighted by Crippen LogP contribution is -2.04. The van der Waals surface area contributed by atoms with Gasteiger partial charge in [0, 0.05) is 16.2 Å². The Hall–Kier alpha value is -0.330. The molecule has 0 radical (unpaired) electrons. The van der Waals surface area contributed by atoms with Gasteiger partial charge in [-0.1, -0.05) is 6.07 Å². The molecule has 0 bridgehead atoms. The largest absolute Gasteiger partial charge is 0.446 e. The Bertz CT molecular complexity index is 435. The monoisotopic (exact) mass is 314 g/mol. The van der Waals surface area contributed by atoms with Gasteiger partial charge in [0.2, 0.25) is 0 Å². The number of rotatable bonds is 5. The van der Waals surface area contributed by atoms with Crippen LogP contribution in [0, 0.1) is 0 Å². The van der Waals surface area contributed by atoms with Crippen LogP contribution in [0.25, 0.3) is 0 Å². The van der Waals surface area contributed by atoms with Crippen LogP contribution in [0.1, 0.15) is 5.56 Å². The van der Waals surface area contributed by atoms with Crippen molar-refractivity contribution in [3.8, 4) is 0 Å². The summed E-state index contributed by atoms with van der Waals surface area (Å²) in [4.78, 5) is 11.8. The van der Waals surface area contributed by atoms with Crippen LogP contribution >= 0.6 is 35.1 Å². The molecule has 0 atom stereocenters. The maximum atomic E-state index is 12.3. The molecule has 0 saturated carbocycles. The fraction of sp³-hybridized carbons (Fsp3) is 0.364. The predicted octanol–water partition coefficient (Wildman–Crippen LogP) is 4.37. The second kappa shape index (κ2) is 6.73. The van der Waals surface area contributed by atoms with Gasteiger partial charge in [-0.3, -0.25) is 4.79 Å². The van der Waals surface area contributed by atoms with E-state index in [9.17, 15) is 18.0 Å². The fourth-order valence-electron chi connectivity index (χ4n) is 1.31. The molecule has 7 heteroatoms. The number of ketones is 1. The zero-order chi connectivity index (χ0) is 13.8. The highest BCUT2D eigenvalue weighted by molar-refractivity contribution is 8.02. The van der Waals surface area contributed by atoms with Gasteiger partial charge < -0.3 is 0 Å². The number of carbonyl (C=O) groups is 1. The summed E-state index contributed by atoms with van der Waals surface area (Å²) < 4.78 is 36.9. The average molecular weight is 315 g/mol. The molecule has 0 aromatic heterocycles. The maximum absolute atomic E-state index is 12.3. The van der Waals surface area contributed by atoms with E-state index in [1.54, 1.807) is 12.3 Å². The van der Waals surface area contributed by atoms with E-state index in [4.69, 9.17) is 11.6 Å². The van der Waals surface area contributed by atoms with E-state index in [0.717, 1.165) is 0 Å². The number of hydrogen-bond donors (Lipinski definition) is 0. The van der Waals surface area contributed by atoms with Gasteiger partial charge >= 0.3 is 5.51 Å². The molecular formula is C11H10ClF3OS2. The highest BCUT2D eigenvalue weighted by Gasteiger charge is 2.30. The second-order valence-electron chi connectivity index (χ2n) is 3.38. The Morgan fingerprint density at radius 2 is 2.00 bits per heavy atom. The summed E-state index contributed by atoms with van der Waals surface area (Å²) in [6, 6.07) is 4.52. The van der Waals surface area contributed by atoms with Crippen molar-refractivity contribution in [1.29, 1.82) is 0 Å². The normalized spacial score (nSPS) is 11.6. The third kappa shape index (κ3) is 5.12. The Labute approximate surface area is 116 Å². The molecule has 0 fully saturated rings. The molecule has 0 N–H and O–H groups in total. The number of thioether (sulfide) groups is 2. The van der Waals surface area contributed by atoms with Gasteiger partial charge in [0.05, 0.1) is 5.88 Å². The van der Waals surface area contributed by atoms with Crippen LogP contribution in [0.3, 0.4) is 0 Å². The second-order valence-corrected chi connectivity index (χ2v) is 5.60. The van der Waals surface area contributed by atoms with E-state index >= 15 is 0 Å².